The third-order valence-corrected chi connectivity index (χ3v) is 4.51. The monoisotopic (exact) mass is 269 g/mol. The van der Waals surface area contributed by atoms with Crippen molar-refractivity contribution in [1.29, 1.82) is 0 Å². The number of H-pyrrole nitrogens is 1. The van der Waals surface area contributed by atoms with E-state index in [0.717, 1.165) is 17.5 Å². The number of benzene rings is 1. The molecular formula is C17H23N3. The highest BCUT2D eigenvalue weighted by molar-refractivity contribution is 5.62. The molecule has 2 aromatic rings. The minimum absolute atomic E-state index is 0.608. The van der Waals surface area contributed by atoms with Gasteiger partial charge in [-0.15, -0.1) is 0 Å². The fraction of sp³-hybridized carbons (Fsp3) is 0.471. The maximum atomic E-state index is 3.99. The van der Waals surface area contributed by atoms with Crippen LogP contribution in [0.15, 0.2) is 36.5 Å². The molecule has 3 rings (SSSR count). The zero-order valence-electron chi connectivity index (χ0n) is 12.3. The molecular weight excluding hydrogens is 246 g/mol. The Labute approximate surface area is 120 Å². The Morgan fingerprint density at radius 3 is 2.60 bits per heavy atom. The van der Waals surface area contributed by atoms with Crippen molar-refractivity contribution in [3.63, 3.8) is 0 Å². The molecule has 3 atom stereocenters. The topological polar surface area (TPSA) is 40.7 Å². The van der Waals surface area contributed by atoms with Gasteiger partial charge in [0.05, 0.1) is 5.69 Å². The first kappa shape index (κ1) is 13.2. The fourth-order valence-corrected chi connectivity index (χ4v) is 3.11. The van der Waals surface area contributed by atoms with Crippen LogP contribution in [0.2, 0.25) is 0 Å². The zero-order chi connectivity index (χ0) is 13.9. The molecule has 0 bridgehead atoms. The number of nitrogens with one attached hydrogen (secondary N) is 2. The molecule has 3 heteroatoms. The fourth-order valence-electron chi connectivity index (χ4n) is 3.11. The largest absolute Gasteiger partial charge is 0.382 e. The molecule has 3 unspecified atom stereocenters. The lowest BCUT2D eigenvalue weighted by Crippen LogP contribution is -2.33. The minimum atomic E-state index is 0.608. The summed E-state index contributed by atoms with van der Waals surface area (Å²) in [5.41, 5.74) is 3.47. The van der Waals surface area contributed by atoms with Crippen LogP contribution in [0.4, 0.5) is 5.69 Å². The minimum Gasteiger partial charge on any atom is -0.382 e. The molecule has 1 heterocycles. The summed E-state index contributed by atoms with van der Waals surface area (Å²) in [6.45, 7) is 4.73. The quantitative estimate of drug-likeness (QED) is 0.871. The molecule has 1 fully saturated rings. The average Bonchev–Trinajstić information content (AvgIpc) is 2.98. The molecule has 0 saturated heterocycles. The summed E-state index contributed by atoms with van der Waals surface area (Å²) in [6, 6.07) is 11.2. The summed E-state index contributed by atoms with van der Waals surface area (Å²) in [6.07, 6.45) is 5.78. The van der Waals surface area contributed by atoms with Crippen LogP contribution in [-0.4, -0.2) is 16.2 Å². The van der Waals surface area contributed by atoms with Gasteiger partial charge < -0.3 is 5.32 Å². The molecule has 1 aromatic carbocycles. The van der Waals surface area contributed by atoms with Gasteiger partial charge in [0.15, 0.2) is 0 Å². The summed E-state index contributed by atoms with van der Waals surface area (Å²) in [5.74, 6) is 1.60. The molecule has 0 amide bonds. The maximum absolute atomic E-state index is 3.99. The van der Waals surface area contributed by atoms with Crippen LogP contribution in [0.25, 0.3) is 11.3 Å². The zero-order valence-corrected chi connectivity index (χ0v) is 12.3. The van der Waals surface area contributed by atoms with Gasteiger partial charge >= 0.3 is 0 Å². The highest BCUT2D eigenvalue weighted by Gasteiger charge is 2.25. The van der Waals surface area contributed by atoms with E-state index in [1.54, 1.807) is 6.20 Å². The molecule has 1 aliphatic rings. The van der Waals surface area contributed by atoms with Crippen molar-refractivity contribution in [2.24, 2.45) is 11.8 Å². The Kier molecular flexibility index (Phi) is 3.77. The Balaban J connectivity index is 1.69. The summed E-state index contributed by atoms with van der Waals surface area (Å²) in [5, 5.41) is 10.7. The van der Waals surface area contributed by atoms with E-state index >= 15 is 0 Å². The summed E-state index contributed by atoms with van der Waals surface area (Å²) < 4.78 is 0. The van der Waals surface area contributed by atoms with Gasteiger partial charge in [-0.3, -0.25) is 5.10 Å². The van der Waals surface area contributed by atoms with Gasteiger partial charge in [-0.1, -0.05) is 32.4 Å². The van der Waals surface area contributed by atoms with Crippen LogP contribution in [0.1, 0.15) is 33.1 Å². The first-order chi connectivity index (χ1) is 9.72. The maximum Gasteiger partial charge on any atom is 0.0650 e. The first-order valence-electron chi connectivity index (χ1n) is 7.58. The molecule has 0 spiro atoms. The lowest BCUT2D eigenvalue weighted by Gasteiger charge is -2.34. The average molecular weight is 269 g/mol. The van der Waals surface area contributed by atoms with E-state index in [9.17, 15) is 0 Å². The van der Waals surface area contributed by atoms with Gasteiger partial charge in [0.1, 0.15) is 0 Å². The predicted molar refractivity (Wildman–Crippen MR) is 83.6 cm³/mol. The number of aromatic amines is 1. The smallest absolute Gasteiger partial charge is 0.0650 e. The van der Waals surface area contributed by atoms with Crippen molar-refractivity contribution in [3.05, 3.63) is 36.5 Å². The molecule has 1 saturated carbocycles. The molecule has 3 nitrogen and oxygen atoms in total. The second-order valence-electron chi connectivity index (χ2n) is 6.19. The molecule has 1 aromatic heterocycles. The van der Waals surface area contributed by atoms with Gasteiger partial charge in [-0.2, -0.15) is 5.10 Å². The molecule has 2 N–H and O–H groups in total. The van der Waals surface area contributed by atoms with Crippen molar-refractivity contribution in [3.8, 4) is 11.3 Å². The molecule has 0 aliphatic heterocycles. The van der Waals surface area contributed by atoms with E-state index in [4.69, 9.17) is 0 Å². The van der Waals surface area contributed by atoms with Crippen LogP contribution >= 0.6 is 0 Å². The Hall–Kier alpha value is -1.77. The molecule has 20 heavy (non-hydrogen) atoms. The normalized spacial score (nSPS) is 26.4. The van der Waals surface area contributed by atoms with E-state index in [0.29, 0.717) is 6.04 Å². The lowest BCUT2D eigenvalue weighted by atomic mass is 9.80. The van der Waals surface area contributed by atoms with Gasteiger partial charge in [0, 0.05) is 17.9 Å². The Morgan fingerprint density at radius 2 is 1.90 bits per heavy atom. The van der Waals surface area contributed by atoms with E-state index in [1.165, 1.54) is 30.5 Å². The van der Waals surface area contributed by atoms with E-state index < -0.39 is 0 Å². The van der Waals surface area contributed by atoms with Crippen molar-refractivity contribution in [1.82, 2.24) is 10.2 Å². The molecule has 106 valence electrons. The van der Waals surface area contributed by atoms with E-state index in [-0.39, 0.29) is 0 Å². The highest BCUT2D eigenvalue weighted by atomic mass is 15.1. The van der Waals surface area contributed by atoms with Crippen LogP contribution in [0.3, 0.4) is 0 Å². The van der Waals surface area contributed by atoms with Crippen LogP contribution in [-0.2, 0) is 0 Å². The van der Waals surface area contributed by atoms with Crippen molar-refractivity contribution in [2.45, 2.75) is 39.2 Å². The number of hydrogen-bond acceptors (Lipinski definition) is 2. The van der Waals surface area contributed by atoms with Gasteiger partial charge in [-0.25, -0.2) is 0 Å². The van der Waals surface area contributed by atoms with Gasteiger partial charge in [0.25, 0.3) is 0 Å². The third kappa shape index (κ3) is 2.87. The third-order valence-electron chi connectivity index (χ3n) is 4.51. The highest BCUT2D eigenvalue weighted by Crippen LogP contribution is 2.31. The molecule has 0 radical (unpaired) electrons. The predicted octanol–water partition coefficient (Wildman–Crippen LogP) is 4.31. The summed E-state index contributed by atoms with van der Waals surface area (Å²) in [4.78, 5) is 0. The van der Waals surface area contributed by atoms with Crippen molar-refractivity contribution < 1.29 is 0 Å². The number of rotatable bonds is 3. The van der Waals surface area contributed by atoms with Crippen LogP contribution in [0, 0.1) is 11.8 Å². The SMILES string of the molecule is CC1CCC(C)C(Nc2ccc(-c3ccn[nH]3)cc2)C1. The van der Waals surface area contributed by atoms with Crippen LogP contribution < -0.4 is 5.32 Å². The second kappa shape index (κ2) is 5.70. The molecule has 1 aliphatic carbocycles. The van der Waals surface area contributed by atoms with Gasteiger partial charge in [0.2, 0.25) is 0 Å². The Morgan fingerprint density at radius 1 is 1.10 bits per heavy atom. The van der Waals surface area contributed by atoms with E-state index in [2.05, 4.69) is 53.6 Å². The summed E-state index contributed by atoms with van der Waals surface area (Å²) >= 11 is 0. The summed E-state index contributed by atoms with van der Waals surface area (Å²) in [7, 11) is 0. The number of nitrogens with zero attached hydrogens (tertiary/aromatic N) is 1. The number of anilines is 1. The first-order valence-corrected chi connectivity index (χ1v) is 7.58. The Bertz CT molecular complexity index is 530. The number of hydrogen-bond donors (Lipinski definition) is 2. The van der Waals surface area contributed by atoms with Crippen LogP contribution in [0.5, 0.6) is 0 Å². The lowest BCUT2D eigenvalue weighted by molar-refractivity contribution is 0.281. The van der Waals surface area contributed by atoms with E-state index in [1.807, 2.05) is 6.07 Å². The second-order valence-corrected chi connectivity index (χ2v) is 6.19. The number of aromatic nitrogens is 2. The van der Waals surface area contributed by atoms with Crippen molar-refractivity contribution >= 4 is 5.69 Å². The van der Waals surface area contributed by atoms with Crippen molar-refractivity contribution in [2.75, 3.05) is 5.32 Å². The van der Waals surface area contributed by atoms with Gasteiger partial charge in [-0.05, 0) is 48.4 Å². The standard InChI is InChI=1S/C17H23N3/c1-12-3-4-13(2)17(11-12)19-15-7-5-14(6-8-15)16-9-10-18-20-16/h5-10,12-13,17,19H,3-4,11H2,1-2H3,(H,18,20).